The third-order valence-corrected chi connectivity index (χ3v) is 2.25. The summed E-state index contributed by atoms with van der Waals surface area (Å²) in [6, 6.07) is 1.27. The summed E-state index contributed by atoms with van der Waals surface area (Å²) in [5, 5.41) is 0. The Morgan fingerprint density at radius 2 is 2.33 bits per heavy atom. The van der Waals surface area contributed by atoms with Gasteiger partial charge in [0.2, 0.25) is 0 Å². The highest BCUT2D eigenvalue weighted by Crippen LogP contribution is 2.16. The normalized spacial score (nSPS) is 10.5. The first kappa shape index (κ1) is 12.1. The number of hydrogen-bond acceptors (Lipinski definition) is 3. The minimum atomic E-state index is -0.442. The molecule has 0 aliphatic carbocycles. The van der Waals surface area contributed by atoms with Crippen LogP contribution in [0.15, 0.2) is 16.7 Å². The van der Waals surface area contributed by atoms with Gasteiger partial charge in [0, 0.05) is 4.47 Å². The molecule has 0 aliphatic rings. The molecule has 0 amide bonds. The Kier molecular flexibility index (Phi) is 4.20. The van der Waals surface area contributed by atoms with Gasteiger partial charge in [-0.2, -0.15) is 0 Å². The third-order valence-electron chi connectivity index (χ3n) is 1.56. The second-order valence-corrected chi connectivity index (χ2v) is 4.15. The van der Waals surface area contributed by atoms with E-state index in [1.165, 1.54) is 6.07 Å². The molecule has 0 saturated heterocycles. The van der Waals surface area contributed by atoms with E-state index >= 15 is 0 Å². The summed E-state index contributed by atoms with van der Waals surface area (Å²) in [6.45, 7) is 3.54. The van der Waals surface area contributed by atoms with Gasteiger partial charge in [0.15, 0.2) is 0 Å². The first-order valence-corrected chi connectivity index (χ1v) is 5.27. The van der Waals surface area contributed by atoms with E-state index < -0.39 is 5.82 Å². The Hall–Kier alpha value is -0.970. The molecular weight excluding hydrogens is 265 g/mol. The summed E-state index contributed by atoms with van der Waals surface area (Å²) >= 11 is 3.13. The van der Waals surface area contributed by atoms with Crippen LogP contribution in [0.2, 0.25) is 0 Å². The van der Waals surface area contributed by atoms with Gasteiger partial charge in [-0.05, 0) is 35.8 Å². The number of ether oxygens (including phenoxy) is 1. The molecule has 1 heterocycles. The van der Waals surface area contributed by atoms with Crippen LogP contribution in [0.5, 0.6) is 0 Å². The summed E-state index contributed by atoms with van der Waals surface area (Å²) in [4.78, 5) is 15.1. The maximum absolute atomic E-state index is 12.7. The van der Waals surface area contributed by atoms with Crippen molar-refractivity contribution in [1.29, 1.82) is 0 Å². The van der Waals surface area contributed by atoms with Gasteiger partial charge in [-0.25, -0.2) is 4.39 Å². The molecule has 0 spiro atoms. The number of rotatable bonds is 3. The molecule has 0 aliphatic heterocycles. The summed E-state index contributed by atoms with van der Waals surface area (Å²) < 4.78 is 18.1. The number of pyridine rings is 1. The minimum absolute atomic E-state index is 0.0407. The molecule has 0 N–H and O–H groups in total. The Morgan fingerprint density at radius 3 is 2.87 bits per heavy atom. The van der Waals surface area contributed by atoms with Crippen LogP contribution in [0.25, 0.3) is 0 Å². The topological polar surface area (TPSA) is 39.2 Å². The molecule has 1 rings (SSSR count). The Bertz CT molecular complexity index is 368. The van der Waals surface area contributed by atoms with Crippen molar-refractivity contribution in [3.63, 3.8) is 0 Å². The zero-order chi connectivity index (χ0) is 11.4. The molecule has 82 valence electrons. The summed E-state index contributed by atoms with van der Waals surface area (Å²) in [6.07, 6.45) is 0.957. The standard InChI is InChI=1S/C10H11BrFNO2/c1-6(2)15-10(14)4-9-8(11)3-7(12)5-13-9/h3,5-6H,4H2,1-2H3. The zero-order valence-corrected chi connectivity index (χ0v) is 10.0. The summed E-state index contributed by atoms with van der Waals surface area (Å²) in [5.74, 6) is -0.812. The summed E-state index contributed by atoms with van der Waals surface area (Å²) in [5.41, 5.74) is 0.474. The fourth-order valence-corrected chi connectivity index (χ4v) is 1.48. The minimum Gasteiger partial charge on any atom is -0.463 e. The maximum atomic E-state index is 12.7. The van der Waals surface area contributed by atoms with Crippen molar-refractivity contribution >= 4 is 21.9 Å². The van der Waals surface area contributed by atoms with E-state index in [4.69, 9.17) is 4.74 Å². The zero-order valence-electron chi connectivity index (χ0n) is 8.46. The molecule has 1 aromatic heterocycles. The Morgan fingerprint density at radius 1 is 1.67 bits per heavy atom. The molecule has 0 bridgehead atoms. The van der Waals surface area contributed by atoms with Crippen LogP contribution in [-0.4, -0.2) is 17.1 Å². The highest BCUT2D eigenvalue weighted by molar-refractivity contribution is 9.10. The molecule has 3 nitrogen and oxygen atoms in total. The number of halogens is 2. The number of carbonyl (C=O) groups excluding carboxylic acids is 1. The largest absolute Gasteiger partial charge is 0.463 e. The predicted molar refractivity (Wildman–Crippen MR) is 56.8 cm³/mol. The van der Waals surface area contributed by atoms with Crippen molar-refractivity contribution in [2.45, 2.75) is 26.4 Å². The molecule has 0 aromatic carbocycles. The van der Waals surface area contributed by atoms with E-state index in [-0.39, 0.29) is 18.5 Å². The highest BCUT2D eigenvalue weighted by atomic mass is 79.9. The lowest BCUT2D eigenvalue weighted by molar-refractivity contribution is -0.146. The monoisotopic (exact) mass is 275 g/mol. The average Bonchev–Trinajstić information content (AvgIpc) is 2.08. The molecule has 0 unspecified atom stereocenters. The number of nitrogens with zero attached hydrogens (tertiary/aromatic N) is 1. The molecular formula is C10H11BrFNO2. The van der Waals surface area contributed by atoms with Gasteiger partial charge in [-0.1, -0.05) is 0 Å². The predicted octanol–water partition coefficient (Wildman–Crippen LogP) is 2.48. The van der Waals surface area contributed by atoms with E-state index in [0.29, 0.717) is 10.2 Å². The van der Waals surface area contributed by atoms with Crippen molar-refractivity contribution in [2.75, 3.05) is 0 Å². The van der Waals surface area contributed by atoms with E-state index in [1.54, 1.807) is 13.8 Å². The van der Waals surface area contributed by atoms with Crippen molar-refractivity contribution in [1.82, 2.24) is 4.98 Å². The van der Waals surface area contributed by atoms with E-state index in [2.05, 4.69) is 20.9 Å². The van der Waals surface area contributed by atoms with Crippen LogP contribution in [0, 0.1) is 5.82 Å². The van der Waals surface area contributed by atoms with Crippen LogP contribution < -0.4 is 0 Å². The van der Waals surface area contributed by atoms with Crippen LogP contribution >= 0.6 is 15.9 Å². The Balaban J connectivity index is 2.68. The van der Waals surface area contributed by atoms with Gasteiger partial charge in [0.1, 0.15) is 5.82 Å². The molecule has 5 heteroatoms. The molecule has 0 fully saturated rings. The second kappa shape index (κ2) is 5.21. The average molecular weight is 276 g/mol. The fourth-order valence-electron chi connectivity index (χ4n) is 1.01. The highest BCUT2D eigenvalue weighted by Gasteiger charge is 2.11. The number of esters is 1. The number of aromatic nitrogens is 1. The van der Waals surface area contributed by atoms with Gasteiger partial charge in [-0.15, -0.1) is 0 Å². The van der Waals surface area contributed by atoms with Crippen molar-refractivity contribution < 1.29 is 13.9 Å². The van der Waals surface area contributed by atoms with Crippen molar-refractivity contribution in [2.24, 2.45) is 0 Å². The number of carbonyl (C=O) groups is 1. The third kappa shape index (κ3) is 3.95. The van der Waals surface area contributed by atoms with Gasteiger partial charge in [-0.3, -0.25) is 9.78 Å². The molecule has 1 aromatic rings. The molecule has 15 heavy (non-hydrogen) atoms. The molecule has 0 saturated carbocycles. The van der Waals surface area contributed by atoms with Crippen LogP contribution in [0.1, 0.15) is 19.5 Å². The fraction of sp³-hybridized carbons (Fsp3) is 0.400. The van der Waals surface area contributed by atoms with Crippen LogP contribution in [0.3, 0.4) is 0 Å². The van der Waals surface area contributed by atoms with Crippen molar-refractivity contribution in [3.8, 4) is 0 Å². The maximum Gasteiger partial charge on any atom is 0.312 e. The first-order valence-electron chi connectivity index (χ1n) is 4.48. The lowest BCUT2D eigenvalue weighted by Crippen LogP contribution is -2.14. The quantitative estimate of drug-likeness (QED) is 0.796. The van der Waals surface area contributed by atoms with Gasteiger partial charge < -0.3 is 4.74 Å². The van der Waals surface area contributed by atoms with E-state index in [9.17, 15) is 9.18 Å². The van der Waals surface area contributed by atoms with Gasteiger partial charge in [0.05, 0.1) is 24.4 Å². The molecule has 0 radical (unpaired) electrons. The van der Waals surface area contributed by atoms with Crippen LogP contribution in [0.4, 0.5) is 4.39 Å². The molecule has 0 atom stereocenters. The van der Waals surface area contributed by atoms with Gasteiger partial charge >= 0.3 is 5.97 Å². The van der Waals surface area contributed by atoms with E-state index in [1.807, 2.05) is 0 Å². The van der Waals surface area contributed by atoms with E-state index in [0.717, 1.165) is 6.20 Å². The lowest BCUT2D eigenvalue weighted by Gasteiger charge is -2.08. The number of hydrogen-bond donors (Lipinski definition) is 0. The van der Waals surface area contributed by atoms with Gasteiger partial charge in [0.25, 0.3) is 0 Å². The second-order valence-electron chi connectivity index (χ2n) is 3.30. The smallest absolute Gasteiger partial charge is 0.312 e. The first-order chi connectivity index (χ1) is 6.99. The van der Waals surface area contributed by atoms with Crippen LogP contribution in [-0.2, 0) is 16.0 Å². The lowest BCUT2D eigenvalue weighted by atomic mass is 10.3. The summed E-state index contributed by atoms with van der Waals surface area (Å²) in [7, 11) is 0. The SMILES string of the molecule is CC(C)OC(=O)Cc1ncc(F)cc1Br. The Labute approximate surface area is 95.8 Å². The van der Waals surface area contributed by atoms with Crippen molar-refractivity contribution in [3.05, 3.63) is 28.2 Å².